The van der Waals surface area contributed by atoms with Crippen LogP contribution >= 0.6 is 34.5 Å². The van der Waals surface area contributed by atoms with Gasteiger partial charge in [-0.2, -0.15) is 18.3 Å². The van der Waals surface area contributed by atoms with Crippen molar-refractivity contribution in [3.05, 3.63) is 37.3 Å². The number of thiophene rings is 1. The van der Waals surface area contributed by atoms with Gasteiger partial charge in [0.05, 0.1) is 28.1 Å². The molecule has 11 heteroatoms. The van der Waals surface area contributed by atoms with Crippen LogP contribution in [0.15, 0.2) is 6.20 Å². The molecule has 2 heterocycles. The minimum absolute atomic E-state index is 0.0288. The molecule has 154 valence electrons. The number of hydroxylamine groups is 2. The molecule has 5 nitrogen and oxygen atoms in total. The van der Waals surface area contributed by atoms with Gasteiger partial charge in [-0.1, -0.05) is 23.2 Å². The summed E-state index contributed by atoms with van der Waals surface area (Å²) < 4.78 is 41.2. The van der Waals surface area contributed by atoms with E-state index in [4.69, 9.17) is 28.0 Å². The number of aryl methyl sites for hydroxylation is 2. The second-order valence-corrected chi connectivity index (χ2v) is 8.99. The van der Waals surface area contributed by atoms with Gasteiger partial charge in [-0.25, -0.2) is 5.06 Å². The summed E-state index contributed by atoms with van der Waals surface area (Å²) in [6.45, 7) is 3.60. The van der Waals surface area contributed by atoms with Gasteiger partial charge in [0.15, 0.2) is 5.69 Å². The maximum absolute atomic E-state index is 13.2. The summed E-state index contributed by atoms with van der Waals surface area (Å²) in [7, 11) is 2.58. The number of halogens is 5. The minimum Gasteiger partial charge on any atom is -0.274 e. The Hall–Kier alpha value is -1.29. The summed E-state index contributed by atoms with van der Waals surface area (Å²) in [6, 6.07) is -0.476. The van der Waals surface area contributed by atoms with E-state index < -0.39 is 29.4 Å². The Morgan fingerprint density at radius 1 is 1.46 bits per heavy atom. The molecule has 1 saturated carbocycles. The van der Waals surface area contributed by atoms with Gasteiger partial charge in [0.2, 0.25) is 0 Å². The molecular formula is C17H18Cl2F3N3O2S. The van der Waals surface area contributed by atoms with E-state index in [0.717, 1.165) is 26.4 Å². The molecule has 2 aromatic rings. The summed E-state index contributed by atoms with van der Waals surface area (Å²) in [6.07, 6.45) is -2.99. The van der Waals surface area contributed by atoms with E-state index in [-0.39, 0.29) is 11.8 Å². The van der Waals surface area contributed by atoms with Crippen LogP contribution in [0, 0.1) is 12.8 Å². The lowest BCUT2D eigenvalue weighted by atomic mass is 10.1. The monoisotopic (exact) mass is 455 g/mol. The predicted octanol–water partition coefficient (Wildman–Crippen LogP) is 5.31. The molecular weight excluding hydrogens is 438 g/mol. The van der Waals surface area contributed by atoms with Crippen LogP contribution < -0.4 is 0 Å². The van der Waals surface area contributed by atoms with Crippen LogP contribution in [0.25, 0.3) is 0 Å². The first-order valence-corrected chi connectivity index (χ1v) is 9.97. The van der Waals surface area contributed by atoms with Crippen LogP contribution in [-0.2, 0) is 18.1 Å². The molecule has 0 spiro atoms. The van der Waals surface area contributed by atoms with E-state index in [1.165, 1.54) is 25.5 Å². The van der Waals surface area contributed by atoms with E-state index in [2.05, 4.69) is 5.10 Å². The van der Waals surface area contributed by atoms with Gasteiger partial charge in [-0.05, 0) is 32.1 Å². The Morgan fingerprint density at radius 3 is 2.61 bits per heavy atom. The molecule has 1 aliphatic carbocycles. The maximum Gasteiger partial charge on any atom is 0.435 e. The third-order valence-corrected chi connectivity index (χ3v) is 6.87. The summed E-state index contributed by atoms with van der Waals surface area (Å²) in [5.74, 6) is -0.889. The SMILES string of the molecule is CON(C(=O)c1cn(C)nc1C(F)(F)F)C(C)C1CC1c1c(Cl)sc(C)c1Cl. The highest BCUT2D eigenvalue weighted by Gasteiger charge is 2.49. The van der Waals surface area contributed by atoms with Crippen LogP contribution in [0.1, 0.15) is 45.8 Å². The zero-order valence-corrected chi connectivity index (χ0v) is 17.8. The fraction of sp³-hybridized carbons (Fsp3) is 0.529. The number of carbonyl (C=O) groups is 1. The lowest BCUT2D eigenvalue weighted by Crippen LogP contribution is -2.40. The van der Waals surface area contributed by atoms with Crippen LogP contribution in [0.3, 0.4) is 0 Å². The third-order valence-electron chi connectivity index (χ3n) is 4.92. The zero-order valence-electron chi connectivity index (χ0n) is 15.5. The van der Waals surface area contributed by atoms with Crippen molar-refractivity contribution in [1.82, 2.24) is 14.8 Å². The number of carbonyl (C=O) groups excluding carboxylic acids is 1. The first-order valence-electron chi connectivity index (χ1n) is 8.40. The highest BCUT2D eigenvalue weighted by atomic mass is 35.5. The number of amides is 1. The highest BCUT2D eigenvalue weighted by molar-refractivity contribution is 7.17. The van der Waals surface area contributed by atoms with E-state index in [1.54, 1.807) is 6.92 Å². The molecule has 28 heavy (non-hydrogen) atoms. The lowest BCUT2D eigenvalue weighted by Gasteiger charge is -2.27. The van der Waals surface area contributed by atoms with Gasteiger partial charge in [0, 0.05) is 23.7 Å². The fourth-order valence-corrected chi connectivity index (χ4v) is 5.35. The molecule has 1 amide bonds. The smallest absolute Gasteiger partial charge is 0.274 e. The van der Waals surface area contributed by atoms with E-state index >= 15 is 0 Å². The lowest BCUT2D eigenvalue weighted by molar-refractivity contribution is -0.144. The summed E-state index contributed by atoms with van der Waals surface area (Å²) in [5.41, 5.74) is -0.951. The number of aromatic nitrogens is 2. The third kappa shape index (κ3) is 3.77. The molecule has 3 rings (SSSR count). The van der Waals surface area contributed by atoms with Crippen molar-refractivity contribution >= 4 is 40.4 Å². The molecule has 0 saturated heterocycles. The van der Waals surface area contributed by atoms with E-state index in [9.17, 15) is 18.0 Å². The molecule has 3 atom stereocenters. The van der Waals surface area contributed by atoms with E-state index in [0.29, 0.717) is 15.8 Å². The Labute approximate surface area is 173 Å². The topological polar surface area (TPSA) is 47.4 Å². The normalized spacial score (nSPS) is 20.3. The summed E-state index contributed by atoms with van der Waals surface area (Å²) in [5, 5.41) is 4.96. The summed E-state index contributed by atoms with van der Waals surface area (Å²) in [4.78, 5) is 18.9. The first kappa shape index (κ1) is 21.4. The number of rotatable bonds is 5. The van der Waals surface area contributed by atoms with Crippen molar-refractivity contribution in [2.24, 2.45) is 13.0 Å². The van der Waals surface area contributed by atoms with Crippen molar-refractivity contribution < 1.29 is 22.8 Å². The Bertz CT molecular complexity index is 912. The minimum atomic E-state index is -4.74. The van der Waals surface area contributed by atoms with Crippen LogP contribution in [0.4, 0.5) is 13.2 Å². The van der Waals surface area contributed by atoms with Crippen molar-refractivity contribution in [3.63, 3.8) is 0 Å². The average molecular weight is 456 g/mol. The van der Waals surface area contributed by atoms with Crippen molar-refractivity contribution in [3.8, 4) is 0 Å². The van der Waals surface area contributed by atoms with E-state index in [1.807, 2.05) is 6.92 Å². The quantitative estimate of drug-likeness (QED) is 0.573. The Morgan fingerprint density at radius 2 is 2.11 bits per heavy atom. The van der Waals surface area contributed by atoms with Crippen LogP contribution in [0.5, 0.6) is 0 Å². The second kappa shape index (κ2) is 7.51. The van der Waals surface area contributed by atoms with Crippen molar-refractivity contribution in [1.29, 1.82) is 0 Å². The average Bonchev–Trinajstić information content (AvgIpc) is 3.19. The maximum atomic E-state index is 13.2. The molecule has 1 fully saturated rings. The first-order chi connectivity index (χ1) is 13.0. The molecule has 3 unspecified atom stereocenters. The van der Waals surface area contributed by atoms with Gasteiger partial charge in [0.1, 0.15) is 0 Å². The number of hydrogen-bond donors (Lipinski definition) is 0. The Balaban J connectivity index is 1.84. The molecule has 0 aromatic carbocycles. The van der Waals surface area contributed by atoms with Crippen molar-refractivity contribution in [2.75, 3.05) is 7.11 Å². The zero-order chi connectivity index (χ0) is 21.0. The van der Waals surface area contributed by atoms with Crippen molar-refractivity contribution in [2.45, 2.75) is 38.4 Å². The largest absolute Gasteiger partial charge is 0.435 e. The summed E-state index contributed by atoms with van der Waals surface area (Å²) >= 11 is 14.0. The standard InChI is InChI=1S/C17H18Cl2F3N3O2S/c1-7(9-5-10(9)12-13(18)8(2)28-15(12)19)25(27-4)16(26)11-6-24(3)23-14(11)17(20,21)22/h6-7,9-10H,5H2,1-4H3. The van der Waals surface area contributed by atoms with Gasteiger partial charge in [0.25, 0.3) is 5.91 Å². The van der Waals surface area contributed by atoms with Gasteiger partial charge >= 0.3 is 6.18 Å². The second-order valence-electron chi connectivity index (χ2n) is 6.78. The number of alkyl halides is 3. The van der Waals surface area contributed by atoms with Crippen LogP contribution in [0.2, 0.25) is 9.36 Å². The Kier molecular flexibility index (Phi) is 5.75. The molecule has 0 aliphatic heterocycles. The fourth-order valence-electron chi connectivity index (χ4n) is 3.48. The molecule has 2 aromatic heterocycles. The van der Waals surface area contributed by atoms with Crippen LogP contribution in [-0.4, -0.2) is 33.9 Å². The van der Waals surface area contributed by atoms with Gasteiger partial charge in [-0.3, -0.25) is 14.3 Å². The molecule has 1 aliphatic rings. The molecule has 0 N–H and O–H groups in total. The number of hydrogen-bond acceptors (Lipinski definition) is 4. The molecule has 0 radical (unpaired) electrons. The predicted molar refractivity (Wildman–Crippen MR) is 101 cm³/mol. The molecule has 0 bridgehead atoms. The number of nitrogens with zero attached hydrogens (tertiary/aromatic N) is 3. The van der Waals surface area contributed by atoms with Gasteiger partial charge in [-0.15, -0.1) is 11.3 Å². The van der Waals surface area contributed by atoms with Gasteiger partial charge < -0.3 is 0 Å². The highest BCUT2D eigenvalue weighted by Crippen LogP contribution is 2.57.